The van der Waals surface area contributed by atoms with Crippen LogP contribution in [0.4, 0.5) is 0 Å². The molecule has 0 bridgehead atoms. The predicted molar refractivity (Wildman–Crippen MR) is 56.8 cm³/mol. The fourth-order valence-corrected chi connectivity index (χ4v) is 1.81. The van der Waals surface area contributed by atoms with Crippen LogP contribution in [0, 0.1) is 12.8 Å². The molecule has 1 aliphatic heterocycles. The number of aliphatic hydroxyl groups is 1. The van der Waals surface area contributed by atoms with Crippen molar-refractivity contribution in [3.63, 3.8) is 0 Å². The third-order valence-corrected chi connectivity index (χ3v) is 2.99. The molecule has 1 aromatic heterocycles. The minimum Gasteiger partial charge on any atom is -0.391 e. The van der Waals surface area contributed by atoms with E-state index >= 15 is 0 Å². The summed E-state index contributed by atoms with van der Waals surface area (Å²) in [6.45, 7) is 4.76. The summed E-state index contributed by atoms with van der Waals surface area (Å²) in [5.41, 5.74) is 0. The molecule has 0 aromatic carbocycles. The van der Waals surface area contributed by atoms with Gasteiger partial charge in [0.25, 0.3) is 5.91 Å². The number of hydrogen-bond acceptors (Lipinski definition) is 4. The molecule has 0 radical (unpaired) electrons. The van der Waals surface area contributed by atoms with E-state index in [9.17, 15) is 9.90 Å². The summed E-state index contributed by atoms with van der Waals surface area (Å²) >= 11 is 0. The highest BCUT2D eigenvalue weighted by molar-refractivity contribution is 5.90. The molecular weight excluding hydrogens is 208 g/mol. The summed E-state index contributed by atoms with van der Waals surface area (Å²) in [5.74, 6) is 0.835. The Hall–Kier alpha value is -1.43. The fraction of sp³-hybridized carbons (Fsp3) is 0.700. The number of carbonyl (C=O) groups is 1. The van der Waals surface area contributed by atoms with Crippen molar-refractivity contribution in [1.29, 1.82) is 0 Å². The summed E-state index contributed by atoms with van der Waals surface area (Å²) in [4.78, 5) is 17.5. The SMILES string of the molecule is Cc1nc(C(=O)N2CCC(C)C(O)C2)n[nH]1. The molecule has 2 N–H and O–H groups in total. The number of β-amino-alcohol motifs (C(OH)–C–C–N with tert-alkyl or cyclic N) is 1. The maximum atomic E-state index is 11.9. The summed E-state index contributed by atoms with van der Waals surface area (Å²) in [6.07, 6.45) is 0.369. The second kappa shape index (κ2) is 4.21. The Morgan fingerprint density at radius 1 is 1.62 bits per heavy atom. The molecule has 1 fully saturated rings. The molecule has 2 unspecified atom stereocenters. The molecule has 1 aromatic rings. The second-order valence-corrected chi connectivity index (χ2v) is 4.33. The van der Waals surface area contributed by atoms with Crippen molar-refractivity contribution in [2.24, 2.45) is 5.92 Å². The molecule has 2 heterocycles. The third kappa shape index (κ3) is 2.06. The number of aromatic nitrogens is 3. The van der Waals surface area contributed by atoms with Crippen LogP contribution in [0.2, 0.25) is 0 Å². The van der Waals surface area contributed by atoms with Gasteiger partial charge >= 0.3 is 0 Å². The minimum absolute atomic E-state index is 0.180. The largest absolute Gasteiger partial charge is 0.391 e. The maximum absolute atomic E-state index is 11.9. The van der Waals surface area contributed by atoms with Crippen LogP contribution < -0.4 is 0 Å². The van der Waals surface area contributed by atoms with Crippen molar-refractivity contribution in [3.8, 4) is 0 Å². The minimum atomic E-state index is -0.447. The van der Waals surface area contributed by atoms with Crippen LogP contribution in [-0.4, -0.2) is 50.3 Å². The molecule has 1 amide bonds. The summed E-state index contributed by atoms with van der Waals surface area (Å²) in [6, 6.07) is 0. The van der Waals surface area contributed by atoms with Crippen LogP contribution in [0.15, 0.2) is 0 Å². The summed E-state index contributed by atoms with van der Waals surface area (Å²) in [5, 5.41) is 16.2. The third-order valence-electron chi connectivity index (χ3n) is 2.99. The van der Waals surface area contributed by atoms with Gasteiger partial charge in [-0.1, -0.05) is 6.92 Å². The Kier molecular flexibility index (Phi) is 2.91. The molecule has 16 heavy (non-hydrogen) atoms. The lowest BCUT2D eigenvalue weighted by Crippen LogP contribution is -2.46. The van der Waals surface area contributed by atoms with Crippen molar-refractivity contribution < 1.29 is 9.90 Å². The molecule has 0 spiro atoms. The van der Waals surface area contributed by atoms with E-state index < -0.39 is 6.10 Å². The molecular formula is C10H16N4O2. The van der Waals surface area contributed by atoms with Crippen molar-refractivity contribution in [3.05, 3.63) is 11.6 Å². The summed E-state index contributed by atoms with van der Waals surface area (Å²) in [7, 11) is 0. The van der Waals surface area contributed by atoms with Crippen LogP contribution in [0.25, 0.3) is 0 Å². The number of piperidine rings is 1. The molecule has 6 nitrogen and oxygen atoms in total. The zero-order chi connectivity index (χ0) is 11.7. The van der Waals surface area contributed by atoms with E-state index in [1.165, 1.54) is 0 Å². The number of likely N-dealkylation sites (tertiary alicyclic amines) is 1. The molecule has 2 rings (SSSR count). The van der Waals surface area contributed by atoms with Crippen LogP contribution in [0.1, 0.15) is 29.8 Å². The van der Waals surface area contributed by atoms with Crippen molar-refractivity contribution in [2.75, 3.05) is 13.1 Å². The topological polar surface area (TPSA) is 82.1 Å². The van der Waals surface area contributed by atoms with Crippen LogP contribution in [-0.2, 0) is 0 Å². The highest BCUT2D eigenvalue weighted by Crippen LogP contribution is 2.17. The number of amides is 1. The van der Waals surface area contributed by atoms with Gasteiger partial charge in [-0.25, -0.2) is 4.98 Å². The number of aliphatic hydroxyl groups excluding tert-OH is 1. The first kappa shape index (κ1) is 11.1. The fourth-order valence-electron chi connectivity index (χ4n) is 1.81. The lowest BCUT2D eigenvalue weighted by Gasteiger charge is -2.33. The van der Waals surface area contributed by atoms with Gasteiger partial charge in [0, 0.05) is 13.1 Å². The average Bonchev–Trinajstić information content (AvgIpc) is 2.68. The molecule has 0 aliphatic carbocycles. The molecule has 2 atom stereocenters. The lowest BCUT2D eigenvalue weighted by molar-refractivity contribution is 0.0242. The van der Waals surface area contributed by atoms with E-state index in [1.807, 2.05) is 6.92 Å². The van der Waals surface area contributed by atoms with Gasteiger partial charge in [0.05, 0.1) is 6.10 Å². The molecule has 1 saturated heterocycles. The molecule has 0 saturated carbocycles. The number of nitrogens with zero attached hydrogens (tertiary/aromatic N) is 3. The van der Waals surface area contributed by atoms with Gasteiger partial charge in [0.1, 0.15) is 5.82 Å². The highest BCUT2D eigenvalue weighted by Gasteiger charge is 2.29. The van der Waals surface area contributed by atoms with Crippen LogP contribution >= 0.6 is 0 Å². The lowest BCUT2D eigenvalue weighted by atomic mass is 9.96. The number of nitrogens with one attached hydrogen (secondary N) is 1. The molecule has 88 valence electrons. The van der Waals surface area contributed by atoms with Gasteiger partial charge < -0.3 is 10.0 Å². The smallest absolute Gasteiger partial charge is 0.293 e. The number of aromatic amines is 1. The van der Waals surface area contributed by atoms with Gasteiger partial charge in [0.2, 0.25) is 5.82 Å². The normalized spacial score (nSPS) is 25.8. The standard InChI is InChI=1S/C10H16N4O2/c1-6-3-4-14(5-8(6)15)10(16)9-11-7(2)12-13-9/h6,8,15H,3-5H2,1-2H3,(H,11,12,13). The molecule has 1 aliphatic rings. The molecule has 6 heteroatoms. The van der Waals surface area contributed by atoms with Gasteiger partial charge in [-0.3, -0.25) is 9.89 Å². The monoisotopic (exact) mass is 224 g/mol. The van der Waals surface area contributed by atoms with E-state index in [4.69, 9.17) is 0 Å². The van der Waals surface area contributed by atoms with Gasteiger partial charge in [-0.15, -0.1) is 5.10 Å². The zero-order valence-electron chi connectivity index (χ0n) is 9.47. The maximum Gasteiger partial charge on any atom is 0.293 e. The van der Waals surface area contributed by atoms with E-state index in [2.05, 4.69) is 15.2 Å². The van der Waals surface area contributed by atoms with E-state index in [0.717, 1.165) is 6.42 Å². The Morgan fingerprint density at radius 3 is 2.94 bits per heavy atom. The first-order chi connectivity index (χ1) is 7.58. The Balaban J connectivity index is 2.06. The first-order valence-corrected chi connectivity index (χ1v) is 5.44. The van der Waals surface area contributed by atoms with Gasteiger partial charge in [-0.2, -0.15) is 0 Å². The van der Waals surface area contributed by atoms with Crippen LogP contribution in [0.3, 0.4) is 0 Å². The van der Waals surface area contributed by atoms with Crippen molar-refractivity contribution in [1.82, 2.24) is 20.1 Å². The number of H-pyrrole nitrogens is 1. The number of carbonyl (C=O) groups excluding carboxylic acids is 1. The Bertz CT molecular complexity index is 390. The number of rotatable bonds is 1. The Morgan fingerprint density at radius 2 is 2.38 bits per heavy atom. The van der Waals surface area contributed by atoms with E-state index in [1.54, 1.807) is 11.8 Å². The quantitative estimate of drug-likeness (QED) is 0.701. The van der Waals surface area contributed by atoms with Gasteiger partial charge in [-0.05, 0) is 19.3 Å². The zero-order valence-corrected chi connectivity index (χ0v) is 9.47. The van der Waals surface area contributed by atoms with E-state index in [-0.39, 0.29) is 17.6 Å². The predicted octanol–water partition coefficient (Wildman–Crippen LogP) is -0.0440. The van der Waals surface area contributed by atoms with Gasteiger partial charge in [0.15, 0.2) is 0 Å². The average molecular weight is 224 g/mol. The highest BCUT2D eigenvalue weighted by atomic mass is 16.3. The van der Waals surface area contributed by atoms with Crippen molar-refractivity contribution >= 4 is 5.91 Å². The summed E-state index contributed by atoms with van der Waals surface area (Å²) < 4.78 is 0. The Labute approximate surface area is 93.7 Å². The number of aryl methyl sites for hydroxylation is 1. The van der Waals surface area contributed by atoms with E-state index in [0.29, 0.717) is 18.9 Å². The second-order valence-electron chi connectivity index (χ2n) is 4.33. The number of hydrogen-bond donors (Lipinski definition) is 2. The first-order valence-electron chi connectivity index (χ1n) is 5.44. The van der Waals surface area contributed by atoms with Crippen LogP contribution in [0.5, 0.6) is 0 Å². The van der Waals surface area contributed by atoms with Crippen molar-refractivity contribution in [2.45, 2.75) is 26.4 Å².